The van der Waals surface area contributed by atoms with Gasteiger partial charge in [0.1, 0.15) is 0 Å². The van der Waals surface area contributed by atoms with E-state index in [0.717, 1.165) is 13.1 Å². The number of terminal acetylenes is 1. The zero-order chi connectivity index (χ0) is 9.78. The topological polar surface area (TPSA) is 29.3 Å². The Bertz CT molecular complexity index is 163. The van der Waals surface area contributed by atoms with Crippen molar-refractivity contribution >= 4 is 0 Å². The first-order chi connectivity index (χ1) is 5.50. The highest BCUT2D eigenvalue weighted by molar-refractivity contribution is 5.08. The summed E-state index contributed by atoms with van der Waals surface area (Å²) < 4.78 is 0. The lowest BCUT2D eigenvalue weighted by Gasteiger charge is -2.39. The van der Waals surface area contributed by atoms with Crippen molar-refractivity contribution in [2.24, 2.45) is 5.73 Å². The predicted octanol–water partition coefficient (Wildman–Crippen LogP) is 1.07. The van der Waals surface area contributed by atoms with Crippen molar-refractivity contribution in [2.75, 3.05) is 13.1 Å². The average molecular weight is 168 g/mol. The Kier molecular flexibility index (Phi) is 4.30. The van der Waals surface area contributed by atoms with Gasteiger partial charge < -0.3 is 5.73 Å². The van der Waals surface area contributed by atoms with Crippen LogP contribution in [0, 0.1) is 12.3 Å². The maximum Gasteiger partial charge on any atom is 0.0843 e. The Morgan fingerprint density at radius 1 is 1.42 bits per heavy atom. The summed E-state index contributed by atoms with van der Waals surface area (Å²) in [6.45, 7) is 10.4. The molecule has 0 rings (SSSR count). The smallest absolute Gasteiger partial charge is 0.0843 e. The Morgan fingerprint density at radius 2 is 1.83 bits per heavy atom. The molecule has 0 aromatic carbocycles. The van der Waals surface area contributed by atoms with Crippen LogP contribution in [0.4, 0.5) is 0 Å². The van der Waals surface area contributed by atoms with Crippen molar-refractivity contribution in [3.63, 3.8) is 0 Å². The van der Waals surface area contributed by atoms with Crippen molar-refractivity contribution < 1.29 is 0 Å². The summed E-state index contributed by atoms with van der Waals surface area (Å²) in [5.41, 5.74) is 5.73. The van der Waals surface area contributed by atoms with E-state index in [0.29, 0.717) is 0 Å². The highest BCUT2D eigenvalue weighted by Crippen LogP contribution is 2.16. The van der Waals surface area contributed by atoms with E-state index in [9.17, 15) is 0 Å². The molecular formula is C10H20N2. The first kappa shape index (κ1) is 11.5. The molecule has 2 heteroatoms. The third-order valence-corrected chi connectivity index (χ3v) is 2.52. The molecule has 0 fully saturated rings. The van der Waals surface area contributed by atoms with E-state index in [1.807, 2.05) is 0 Å². The fourth-order valence-corrected chi connectivity index (χ4v) is 1.44. The van der Waals surface area contributed by atoms with Crippen LogP contribution >= 0.6 is 0 Å². The van der Waals surface area contributed by atoms with Gasteiger partial charge in [-0.15, -0.1) is 6.42 Å². The quantitative estimate of drug-likeness (QED) is 0.636. The second kappa shape index (κ2) is 4.49. The minimum Gasteiger partial charge on any atom is -0.316 e. The van der Waals surface area contributed by atoms with Gasteiger partial charge in [-0.3, -0.25) is 4.90 Å². The molecule has 2 nitrogen and oxygen atoms in total. The van der Waals surface area contributed by atoms with Gasteiger partial charge in [0.05, 0.1) is 6.04 Å². The molecule has 0 bridgehead atoms. The Balaban J connectivity index is 4.47. The van der Waals surface area contributed by atoms with E-state index in [2.05, 4.69) is 38.5 Å². The van der Waals surface area contributed by atoms with E-state index >= 15 is 0 Å². The summed E-state index contributed by atoms with van der Waals surface area (Å²) in [6, 6.07) is -0.197. The molecule has 0 aliphatic heterocycles. The standard InChI is InChI=1S/C10H20N2/c1-6-9(11)10(4,5)12(7-2)8-3/h1,9H,7-8,11H2,2-5H3. The molecule has 0 aromatic rings. The van der Waals surface area contributed by atoms with Gasteiger partial charge >= 0.3 is 0 Å². The monoisotopic (exact) mass is 168 g/mol. The second-order valence-electron chi connectivity index (χ2n) is 3.47. The number of nitrogens with zero attached hydrogens (tertiary/aromatic N) is 1. The summed E-state index contributed by atoms with van der Waals surface area (Å²) in [4.78, 5) is 2.28. The molecule has 0 saturated carbocycles. The van der Waals surface area contributed by atoms with Crippen molar-refractivity contribution in [3.8, 4) is 12.3 Å². The molecule has 0 amide bonds. The van der Waals surface area contributed by atoms with E-state index < -0.39 is 0 Å². The van der Waals surface area contributed by atoms with Gasteiger partial charge in [-0.25, -0.2) is 0 Å². The third kappa shape index (κ3) is 2.23. The fraction of sp³-hybridized carbons (Fsp3) is 0.800. The molecule has 0 aromatic heterocycles. The largest absolute Gasteiger partial charge is 0.316 e. The number of hydrogen-bond donors (Lipinski definition) is 1. The number of likely N-dealkylation sites (N-methyl/N-ethyl adjacent to an activating group) is 1. The van der Waals surface area contributed by atoms with Crippen molar-refractivity contribution in [1.29, 1.82) is 0 Å². The van der Waals surface area contributed by atoms with Crippen LogP contribution in [0.1, 0.15) is 27.7 Å². The second-order valence-corrected chi connectivity index (χ2v) is 3.47. The van der Waals surface area contributed by atoms with Gasteiger partial charge in [-0.2, -0.15) is 0 Å². The van der Waals surface area contributed by atoms with Crippen LogP contribution in [0.25, 0.3) is 0 Å². The van der Waals surface area contributed by atoms with E-state index in [1.54, 1.807) is 0 Å². The zero-order valence-electron chi connectivity index (χ0n) is 8.59. The van der Waals surface area contributed by atoms with E-state index in [1.165, 1.54) is 0 Å². The normalized spacial score (nSPS) is 14.4. The van der Waals surface area contributed by atoms with Crippen LogP contribution in [0.3, 0.4) is 0 Å². The van der Waals surface area contributed by atoms with Gasteiger partial charge in [0.2, 0.25) is 0 Å². The maximum absolute atomic E-state index is 5.82. The molecule has 0 heterocycles. The van der Waals surface area contributed by atoms with Gasteiger partial charge in [0.25, 0.3) is 0 Å². The summed E-state index contributed by atoms with van der Waals surface area (Å²) in [7, 11) is 0. The first-order valence-corrected chi connectivity index (χ1v) is 4.47. The van der Waals surface area contributed by atoms with Crippen molar-refractivity contribution in [3.05, 3.63) is 0 Å². The number of hydrogen-bond acceptors (Lipinski definition) is 2. The van der Waals surface area contributed by atoms with E-state index in [4.69, 9.17) is 12.2 Å². The lowest BCUT2D eigenvalue weighted by molar-refractivity contribution is 0.124. The van der Waals surface area contributed by atoms with Gasteiger partial charge in [-0.05, 0) is 26.9 Å². The molecule has 2 N–H and O–H groups in total. The van der Waals surface area contributed by atoms with Crippen molar-refractivity contribution in [1.82, 2.24) is 4.90 Å². The Labute approximate surface area is 76.1 Å². The van der Waals surface area contributed by atoms with Crippen LogP contribution in [0.5, 0.6) is 0 Å². The van der Waals surface area contributed by atoms with Gasteiger partial charge in [0.15, 0.2) is 0 Å². The molecule has 12 heavy (non-hydrogen) atoms. The van der Waals surface area contributed by atoms with Crippen LogP contribution in [0.2, 0.25) is 0 Å². The highest BCUT2D eigenvalue weighted by Gasteiger charge is 2.29. The minimum atomic E-state index is -0.197. The number of rotatable bonds is 4. The molecule has 0 radical (unpaired) electrons. The average Bonchev–Trinajstić information content (AvgIpc) is 2.04. The minimum absolute atomic E-state index is 0.0990. The molecule has 0 spiro atoms. The summed E-state index contributed by atoms with van der Waals surface area (Å²) in [6.07, 6.45) is 5.30. The lowest BCUT2D eigenvalue weighted by atomic mass is 9.93. The van der Waals surface area contributed by atoms with Crippen molar-refractivity contribution in [2.45, 2.75) is 39.3 Å². The van der Waals surface area contributed by atoms with Crippen LogP contribution in [-0.4, -0.2) is 29.6 Å². The molecule has 0 aliphatic rings. The molecule has 70 valence electrons. The fourth-order valence-electron chi connectivity index (χ4n) is 1.44. The maximum atomic E-state index is 5.82. The predicted molar refractivity (Wildman–Crippen MR) is 53.8 cm³/mol. The van der Waals surface area contributed by atoms with Crippen LogP contribution in [-0.2, 0) is 0 Å². The summed E-state index contributed by atoms with van der Waals surface area (Å²) >= 11 is 0. The van der Waals surface area contributed by atoms with Crippen LogP contribution < -0.4 is 5.73 Å². The lowest BCUT2D eigenvalue weighted by Crippen LogP contribution is -2.55. The van der Waals surface area contributed by atoms with Gasteiger partial charge in [0, 0.05) is 5.54 Å². The molecule has 0 saturated heterocycles. The Hall–Kier alpha value is -0.520. The molecule has 1 unspecified atom stereocenters. The first-order valence-electron chi connectivity index (χ1n) is 4.47. The molecule has 1 atom stereocenters. The van der Waals surface area contributed by atoms with Gasteiger partial charge in [-0.1, -0.05) is 19.8 Å². The molecule has 0 aliphatic carbocycles. The Morgan fingerprint density at radius 3 is 2.08 bits per heavy atom. The summed E-state index contributed by atoms with van der Waals surface area (Å²) in [5, 5.41) is 0. The van der Waals surface area contributed by atoms with Crippen LogP contribution in [0.15, 0.2) is 0 Å². The molecular weight excluding hydrogens is 148 g/mol. The third-order valence-electron chi connectivity index (χ3n) is 2.52. The zero-order valence-corrected chi connectivity index (χ0v) is 8.59. The summed E-state index contributed by atoms with van der Waals surface area (Å²) in [5.74, 6) is 2.59. The SMILES string of the molecule is C#CC(N)C(C)(C)N(CC)CC. The number of nitrogens with two attached hydrogens (primary N) is 1. The van der Waals surface area contributed by atoms with E-state index in [-0.39, 0.29) is 11.6 Å². The highest BCUT2D eigenvalue weighted by atomic mass is 15.2.